The molecule has 0 aliphatic heterocycles. The topological polar surface area (TPSA) is 28.7 Å². The number of hydrogen-bond acceptors (Lipinski definition) is 1. The molecule has 0 aliphatic carbocycles. The average Bonchev–Trinajstić information content (AvgIpc) is 2.73. The van der Waals surface area contributed by atoms with Crippen molar-refractivity contribution in [1.82, 2.24) is 10.2 Å². The molecular weight excluding hydrogens is 265 g/mol. The molecule has 0 amide bonds. The van der Waals surface area contributed by atoms with Gasteiger partial charge in [0.05, 0.1) is 0 Å². The molecule has 0 aliphatic rings. The molecule has 0 saturated heterocycles. The number of nitrogens with one attached hydrogen (secondary N) is 1. The van der Waals surface area contributed by atoms with Gasteiger partial charge in [-0.15, -0.1) is 0 Å². The Labute approximate surface area is 107 Å². The van der Waals surface area contributed by atoms with Crippen molar-refractivity contribution in [2.45, 2.75) is 19.5 Å². The first kappa shape index (κ1) is 13.0. The Balaban J connectivity index is 2.61. The first-order chi connectivity index (χ1) is 8.43. The molecule has 1 aromatic carbocycles. The second-order valence-electron chi connectivity index (χ2n) is 3.78. The SMILES string of the molecule is CCc1[nH]nc(C(F)(F)F)c1-c1ccc(Cl)cc1. The average molecular weight is 275 g/mol. The van der Waals surface area contributed by atoms with Crippen LogP contribution in [-0.2, 0) is 12.6 Å². The summed E-state index contributed by atoms with van der Waals surface area (Å²) in [5.74, 6) is 0. The fourth-order valence-corrected chi connectivity index (χ4v) is 1.89. The first-order valence-corrected chi connectivity index (χ1v) is 5.71. The summed E-state index contributed by atoms with van der Waals surface area (Å²) in [7, 11) is 0. The molecule has 0 unspecified atom stereocenters. The number of benzene rings is 1. The van der Waals surface area contributed by atoms with Crippen LogP contribution in [-0.4, -0.2) is 10.2 Å². The van der Waals surface area contributed by atoms with Crippen molar-refractivity contribution < 1.29 is 13.2 Å². The second kappa shape index (κ2) is 4.65. The van der Waals surface area contributed by atoms with E-state index in [0.29, 0.717) is 22.7 Å². The van der Waals surface area contributed by atoms with Crippen LogP contribution in [0.5, 0.6) is 0 Å². The van der Waals surface area contributed by atoms with Crippen LogP contribution in [0, 0.1) is 0 Å². The van der Waals surface area contributed by atoms with Crippen molar-refractivity contribution >= 4 is 11.6 Å². The van der Waals surface area contributed by atoms with E-state index in [9.17, 15) is 13.2 Å². The van der Waals surface area contributed by atoms with Crippen molar-refractivity contribution in [2.75, 3.05) is 0 Å². The van der Waals surface area contributed by atoms with Gasteiger partial charge in [-0.2, -0.15) is 18.3 Å². The zero-order valence-electron chi connectivity index (χ0n) is 9.48. The Morgan fingerprint density at radius 1 is 1.22 bits per heavy atom. The van der Waals surface area contributed by atoms with Crippen LogP contribution in [0.2, 0.25) is 5.02 Å². The molecule has 0 atom stereocenters. The summed E-state index contributed by atoms with van der Waals surface area (Å²) in [6, 6.07) is 6.23. The van der Waals surface area contributed by atoms with Gasteiger partial charge in [0.25, 0.3) is 0 Å². The number of hydrogen-bond donors (Lipinski definition) is 1. The monoisotopic (exact) mass is 274 g/mol. The lowest BCUT2D eigenvalue weighted by Gasteiger charge is -2.08. The molecule has 6 heteroatoms. The van der Waals surface area contributed by atoms with Crippen molar-refractivity contribution in [1.29, 1.82) is 0 Å². The third kappa shape index (κ3) is 2.36. The van der Waals surface area contributed by atoms with Crippen LogP contribution >= 0.6 is 11.6 Å². The highest BCUT2D eigenvalue weighted by atomic mass is 35.5. The molecule has 2 aromatic rings. The van der Waals surface area contributed by atoms with Crippen LogP contribution < -0.4 is 0 Å². The summed E-state index contributed by atoms with van der Waals surface area (Å²) in [6.45, 7) is 1.77. The van der Waals surface area contributed by atoms with Crippen LogP contribution in [0.3, 0.4) is 0 Å². The Hall–Kier alpha value is -1.49. The summed E-state index contributed by atoms with van der Waals surface area (Å²) < 4.78 is 38.6. The Kier molecular flexibility index (Phi) is 3.34. The lowest BCUT2D eigenvalue weighted by Crippen LogP contribution is -2.07. The van der Waals surface area contributed by atoms with Gasteiger partial charge in [0.15, 0.2) is 5.69 Å². The minimum absolute atomic E-state index is 0.0988. The Morgan fingerprint density at radius 2 is 1.83 bits per heavy atom. The van der Waals surface area contributed by atoms with Crippen LogP contribution in [0.4, 0.5) is 13.2 Å². The predicted octanol–water partition coefficient (Wildman–Crippen LogP) is 4.31. The van der Waals surface area contributed by atoms with E-state index in [1.165, 1.54) is 0 Å². The number of halogens is 4. The van der Waals surface area contributed by atoms with Gasteiger partial charge in [0.1, 0.15) is 0 Å². The van der Waals surface area contributed by atoms with Crippen LogP contribution in [0.1, 0.15) is 18.3 Å². The molecular formula is C12H10ClF3N2. The fraction of sp³-hybridized carbons (Fsp3) is 0.250. The Morgan fingerprint density at radius 3 is 2.33 bits per heavy atom. The summed E-state index contributed by atoms with van der Waals surface area (Å²) in [4.78, 5) is 0. The molecule has 0 radical (unpaired) electrons. The number of aromatic amines is 1. The molecule has 1 N–H and O–H groups in total. The highest BCUT2D eigenvalue weighted by Crippen LogP contribution is 2.37. The highest BCUT2D eigenvalue weighted by Gasteiger charge is 2.38. The van der Waals surface area contributed by atoms with Crippen LogP contribution in [0.15, 0.2) is 24.3 Å². The standard InChI is InChI=1S/C12H10ClF3N2/c1-2-9-10(7-3-5-8(13)6-4-7)11(18-17-9)12(14,15)16/h3-6H,2H2,1H3,(H,17,18). The maximum Gasteiger partial charge on any atom is 0.435 e. The number of aromatic nitrogens is 2. The summed E-state index contributed by atoms with van der Waals surface area (Å²) in [5.41, 5.74) is 0.130. The second-order valence-corrected chi connectivity index (χ2v) is 4.22. The van der Waals surface area contributed by atoms with E-state index in [2.05, 4.69) is 10.2 Å². The number of alkyl halides is 3. The molecule has 2 nitrogen and oxygen atoms in total. The van der Waals surface area contributed by atoms with E-state index in [-0.39, 0.29) is 5.56 Å². The lowest BCUT2D eigenvalue weighted by molar-refractivity contribution is -0.140. The molecule has 1 heterocycles. The number of H-pyrrole nitrogens is 1. The number of nitrogens with zero attached hydrogens (tertiary/aromatic N) is 1. The third-order valence-electron chi connectivity index (χ3n) is 2.60. The van der Waals surface area contributed by atoms with E-state index < -0.39 is 11.9 Å². The number of rotatable bonds is 2. The fourth-order valence-electron chi connectivity index (χ4n) is 1.77. The van der Waals surface area contributed by atoms with E-state index in [4.69, 9.17) is 11.6 Å². The van der Waals surface area contributed by atoms with Gasteiger partial charge in [0.2, 0.25) is 0 Å². The Bertz CT molecular complexity index is 543. The van der Waals surface area contributed by atoms with Gasteiger partial charge < -0.3 is 0 Å². The zero-order valence-corrected chi connectivity index (χ0v) is 10.2. The summed E-state index contributed by atoms with van der Waals surface area (Å²) in [6.07, 6.45) is -4.03. The van der Waals surface area contributed by atoms with Gasteiger partial charge in [0, 0.05) is 16.3 Å². The van der Waals surface area contributed by atoms with Crippen molar-refractivity contribution in [3.05, 3.63) is 40.7 Å². The van der Waals surface area contributed by atoms with Gasteiger partial charge in [-0.3, -0.25) is 5.10 Å². The van der Waals surface area contributed by atoms with Gasteiger partial charge in [-0.25, -0.2) is 0 Å². The van der Waals surface area contributed by atoms with Crippen molar-refractivity contribution in [3.63, 3.8) is 0 Å². The molecule has 0 spiro atoms. The smallest absolute Gasteiger partial charge is 0.281 e. The zero-order chi connectivity index (χ0) is 13.3. The molecule has 96 valence electrons. The molecule has 0 saturated carbocycles. The summed E-state index contributed by atoms with van der Waals surface area (Å²) in [5, 5.41) is 6.30. The molecule has 18 heavy (non-hydrogen) atoms. The minimum atomic E-state index is -4.47. The van der Waals surface area contributed by atoms with Gasteiger partial charge >= 0.3 is 6.18 Å². The van der Waals surface area contributed by atoms with E-state index in [0.717, 1.165) is 0 Å². The summed E-state index contributed by atoms with van der Waals surface area (Å²) >= 11 is 5.73. The predicted molar refractivity (Wildman–Crippen MR) is 63.4 cm³/mol. The quantitative estimate of drug-likeness (QED) is 0.868. The molecule has 2 rings (SSSR count). The van der Waals surface area contributed by atoms with Crippen molar-refractivity contribution in [3.8, 4) is 11.1 Å². The molecule has 0 fully saturated rings. The molecule has 1 aromatic heterocycles. The minimum Gasteiger partial charge on any atom is -0.281 e. The third-order valence-corrected chi connectivity index (χ3v) is 2.85. The lowest BCUT2D eigenvalue weighted by atomic mass is 10.0. The largest absolute Gasteiger partial charge is 0.435 e. The van der Waals surface area contributed by atoms with E-state index in [1.54, 1.807) is 31.2 Å². The van der Waals surface area contributed by atoms with E-state index in [1.807, 2.05) is 0 Å². The van der Waals surface area contributed by atoms with Crippen molar-refractivity contribution in [2.24, 2.45) is 0 Å². The number of aryl methyl sites for hydroxylation is 1. The van der Waals surface area contributed by atoms with Crippen LogP contribution in [0.25, 0.3) is 11.1 Å². The maximum atomic E-state index is 12.9. The first-order valence-electron chi connectivity index (χ1n) is 5.34. The highest BCUT2D eigenvalue weighted by molar-refractivity contribution is 6.30. The molecule has 0 bridgehead atoms. The maximum absolute atomic E-state index is 12.9. The van der Waals surface area contributed by atoms with Gasteiger partial charge in [-0.1, -0.05) is 30.7 Å². The van der Waals surface area contributed by atoms with Gasteiger partial charge in [-0.05, 0) is 24.1 Å². The van der Waals surface area contributed by atoms with E-state index >= 15 is 0 Å². The normalized spacial score (nSPS) is 11.8.